The minimum Gasteiger partial charge on any atom is -0.469 e. The summed E-state index contributed by atoms with van der Waals surface area (Å²) in [6.45, 7) is 0. The van der Waals surface area contributed by atoms with Crippen molar-refractivity contribution in [2.75, 3.05) is 7.11 Å². The number of carbonyl (C=O) groups excluding carboxylic acids is 1. The molecule has 0 saturated carbocycles. The minimum absolute atomic E-state index is 0.261. The number of halogens is 1. The number of esters is 1. The number of hydrogen-bond acceptors (Lipinski definition) is 3. The van der Waals surface area contributed by atoms with Gasteiger partial charge in [0.1, 0.15) is 5.15 Å². The average molecular weight is 212 g/mol. The number of nitrogens with zero attached hydrogens (tertiary/aromatic N) is 1. The summed E-state index contributed by atoms with van der Waals surface area (Å²) in [6, 6.07) is 3.52. The molecule has 1 rings (SSSR count). The molecule has 1 aromatic rings. The lowest BCUT2D eigenvalue weighted by molar-refractivity contribution is -0.139. The first-order chi connectivity index (χ1) is 6.72. The molecule has 0 fully saturated rings. The van der Waals surface area contributed by atoms with Gasteiger partial charge in [0.15, 0.2) is 0 Å². The summed E-state index contributed by atoms with van der Waals surface area (Å²) in [4.78, 5) is 14.6. The Labute approximate surface area is 87.4 Å². The van der Waals surface area contributed by atoms with Crippen LogP contribution in [0.3, 0.4) is 0 Å². The molecule has 0 aromatic carbocycles. The molecule has 3 nitrogen and oxygen atoms in total. The molecule has 0 N–H and O–H groups in total. The molecule has 0 atom stereocenters. The Hall–Kier alpha value is -1.35. The highest BCUT2D eigenvalue weighted by atomic mass is 35.5. The monoisotopic (exact) mass is 211 g/mol. The minimum atomic E-state index is -0.261. The molecule has 14 heavy (non-hydrogen) atoms. The molecule has 0 radical (unpaired) electrons. The summed E-state index contributed by atoms with van der Waals surface area (Å²) in [5.74, 6) is -0.261. The highest BCUT2D eigenvalue weighted by Crippen LogP contribution is 2.06. The zero-order valence-electron chi connectivity index (χ0n) is 7.74. The van der Waals surface area contributed by atoms with Crippen molar-refractivity contribution in [2.45, 2.75) is 6.42 Å². The number of methoxy groups -OCH3 is 1. The molecule has 0 spiro atoms. The summed E-state index contributed by atoms with van der Waals surface area (Å²) in [6.07, 6.45) is 5.41. The van der Waals surface area contributed by atoms with E-state index in [-0.39, 0.29) is 12.4 Å². The van der Waals surface area contributed by atoms with Crippen LogP contribution in [0, 0.1) is 0 Å². The maximum absolute atomic E-state index is 10.7. The van der Waals surface area contributed by atoms with E-state index in [0.29, 0.717) is 5.15 Å². The topological polar surface area (TPSA) is 39.2 Å². The van der Waals surface area contributed by atoms with Gasteiger partial charge in [0.25, 0.3) is 0 Å². The molecular weight excluding hydrogens is 202 g/mol. The summed E-state index contributed by atoms with van der Waals surface area (Å²) in [5, 5.41) is 0.454. The maximum Gasteiger partial charge on any atom is 0.309 e. The van der Waals surface area contributed by atoms with E-state index in [1.807, 2.05) is 6.07 Å². The molecule has 1 aromatic heterocycles. The highest BCUT2D eigenvalue weighted by molar-refractivity contribution is 6.29. The van der Waals surface area contributed by atoms with Crippen molar-refractivity contribution in [1.82, 2.24) is 4.98 Å². The van der Waals surface area contributed by atoms with E-state index in [2.05, 4.69) is 9.72 Å². The zero-order chi connectivity index (χ0) is 10.4. The first-order valence-corrected chi connectivity index (χ1v) is 4.45. The van der Waals surface area contributed by atoms with Gasteiger partial charge in [-0.25, -0.2) is 4.98 Å². The van der Waals surface area contributed by atoms with Crippen LogP contribution in [0.1, 0.15) is 12.0 Å². The fourth-order valence-corrected chi connectivity index (χ4v) is 0.972. The van der Waals surface area contributed by atoms with Crippen LogP contribution >= 0.6 is 11.6 Å². The van der Waals surface area contributed by atoms with Crippen molar-refractivity contribution in [3.8, 4) is 0 Å². The van der Waals surface area contributed by atoms with Gasteiger partial charge in [-0.15, -0.1) is 0 Å². The molecule has 0 aliphatic carbocycles. The first kappa shape index (κ1) is 10.7. The van der Waals surface area contributed by atoms with Gasteiger partial charge in [-0.2, -0.15) is 0 Å². The third-order valence-corrected chi connectivity index (χ3v) is 1.80. The van der Waals surface area contributed by atoms with Gasteiger partial charge in [0.05, 0.1) is 13.5 Å². The lowest BCUT2D eigenvalue weighted by atomic mass is 10.2. The summed E-state index contributed by atoms with van der Waals surface area (Å²) >= 11 is 5.61. The Balaban J connectivity index is 2.52. The molecule has 0 bridgehead atoms. The lowest BCUT2D eigenvalue weighted by Gasteiger charge is -1.93. The predicted octanol–water partition coefficient (Wildman–Crippen LogP) is 2.31. The second kappa shape index (κ2) is 5.40. The van der Waals surface area contributed by atoms with Crippen LogP contribution in [-0.2, 0) is 9.53 Å². The number of ether oxygens (including phenoxy) is 1. The van der Waals surface area contributed by atoms with Crippen molar-refractivity contribution in [3.05, 3.63) is 35.1 Å². The zero-order valence-corrected chi connectivity index (χ0v) is 8.49. The van der Waals surface area contributed by atoms with Crippen LogP contribution < -0.4 is 0 Å². The van der Waals surface area contributed by atoms with Crippen molar-refractivity contribution in [2.24, 2.45) is 0 Å². The van der Waals surface area contributed by atoms with Gasteiger partial charge in [-0.3, -0.25) is 4.79 Å². The fourth-order valence-electron chi connectivity index (χ4n) is 0.860. The maximum atomic E-state index is 10.7. The molecule has 74 valence electrons. The molecule has 1 heterocycles. The van der Waals surface area contributed by atoms with Crippen LogP contribution in [0.25, 0.3) is 6.08 Å². The second-order valence-corrected chi connectivity index (χ2v) is 2.98. The first-order valence-electron chi connectivity index (χ1n) is 4.07. The van der Waals surface area contributed by atoms with E-state index < -0.39 is 0 Å². The standard InChI is InChI=1S/C10H10ClNO2/c1-14-10(13)4-2-3-8-5-6-9(11)12-7-8/h2-3,5-7H,4H2,1H3. The fraction of sp³-hybridized carbons (Fsp3) is 0.200. The number of aromatic nitrogens is 1. The van der Waals surface area contributed by atoms with E-state index in [9.17, 15) is 4.79 Å². The summed E-state index contributed by atoms with van der Waals surface area (Å²) in [7, 11) is 1.36. The predicted molar refractivity (Wildman–Crippen MR) is 54.9 cm³/mol. The van der Waals surface area contributed by atoms with E-state index in [0.717, 1.165) is 5.56 Å². The molecule has 0 amide bonds. The smallest absolute Gasteiger partial charge is 0.309 e. The summed E-state index contributed by atoms with van der Waals surface area (Å²) in [5.41, 5.74) is 0.901. The number of carbonyl (C=O) groups is 1. The Morgan fingerprint density at radius 2 is 2.43 bits per heavy atom. The number of hydrogen-bond donors (Lipinski definition) is 0. The molecule has 0 saturated heterocycles. The average Bonchev–Trinajstić information content (AvgIpc) is 2.21. The van der Waals surface area contributed by atoms with E-state index in [1.165, 1.54) is 7.11 Å². The Morgan fingerprint density at radius 1 is 1.64 bits per heavy atom. The van der Waals surface area contributed by atoms with Crippen molar-refractivity contribution < 1.29 is 9.53 Å². The van der Waals surface area contributed by atoms with Crippen molar-refractivity contribution in [1.29, 1.82) is 0 Å². The largest absolute Gasteiger partial charge is 0.469 e. The van der Waals surface area contributed by atoms with Gasteiger partial charge in [0.2, 0.25) is 0 Å². The lowest BCUT2D eigenvalue weighted by Crippen LogP contribution is -1.96. The highest BCUT2D eigenvalue weighted by Gasteiger charge is 1.94. The SMILES string of the molecule is COC(=O)CC=Cc1ccc(Cl)nc1. The van der Waals surface area contributed by atoms with Gasteiger partial charge < -0.3 is 4.74 Å². The third-order valence-electron chi connectivity index (χ3n) is 1.57. The van der Waals surface area contributed by atoms with Crippen LogP contribution in [0.5, 0.6) is 0 Å². The van der Waals surface area contributed by atoms with Crippen LogP contribution in [-0.4, -0.2) is 18.1 Å². The third kappa shape index (κ3) is 3.58. The van der Waals surface area contributed by atoms with Crippen LogP contribution in [0.2, 0.25) is 5.15 Å². The van der Waals surface area contributed by atoms with E-state index in [1.54, 1.807) is 24.4 Å². The molecule has 0 aliphatic rings. The van der Waals surface area contributed by atoms with Gasteiger partial charge >= 0.3 is 5.97 Å². The Bertz CT molecular complexity index is 332. The number of pyridine rings is 1. The Morgan fingerprint density at radius 3 is 3.00 bits per heavy atom. The normalized spacial score (nSPS) is 10.4. The van der Waals surface area contributed by atoms with E-state index >= 15 is 0 Å². The Kier molecular flexibility index (Phi) is 4.13. The van der Waals surface area contributed by atoms with Gasteiger partial charge in [0, 0.05) is 6.20 Å². The second-order valence-electron chi connectivity index (χ2n) is 2.60. The molecule has 0 aliphatic heterocycles. The molecule has 4 heteroatoms. The van der Waals surface area contributed by atoms with Crippen LogP contribution in [0.4, 0.5) is 0 Å². The quantitative estimate of drug-likeness (QED) is 0.569. The van der Waals surface area contributed by atoms with E-state index in [4.69, 9.17) is 11.6 Å². The number of rotatable bonds is 3. The summed E-state index contributed by atoms with van der Waals surface area (Å²) < 4.78 is 4.48. The van der Waals surface area contributed by atoms with Crippen molar-refractivity contribution in [3.63, 3.8) is 0 Å². The van der Waals surface area contributed by atoms with Crippen molar-refractivity contribution >= 4 is 23.6 Å². The molecule has 0 unspecified atom stereocenters. The van der Waals surface area contributed by atoms with Gasteiger partial charge in [-0.1, -0.05) is 29.8 Å². The molecular formula is C10H10ClNO2. The van der Waals surface area contributed by atoms with Crippen LogP contribution in [0.15, 0.2) is 24.4 Å². The van der Waals surface area contributed by atoms with Gasteiger partial charge in [-0.05, 0) is 11.6 Å².